The summed E-state index contributed by atoms with van der Waals surface area (Å²) < 4.78 is 0. The molecule has 0 aliphatic carbocycles. The zero-order chi connectivity index (χ0) is 7.84. The lowest BCUT2D eigenvalue weighted by Crippen LogP contribution is -1.85. The molecule has 2 aromatic rings. The van der Waals surface area contributed by atoms with Gasteiger partial charge in [0.25, 0.3) is 0 Å². The number of H-pyrrole nitrogens is 1. The summed E-state index contributed by atoms with van der Waals surface area (Å²) in [6.45, 7) is 1.81. The van der Waals surface area contributed by atoms with Crippen molar-refractivity contribution in [1.29, 1.82) is 0 Å². The van der Waals surface area contributed by atoms with Gasteiger partial charge in [-0.15, -0.1) is 0 Å². The fourth-order valence-electron chi connectivity index (χ4n) is 0.864. The van der Waals surface area contributed by atoms with Gasteiger partial charge in [0.15, 0.2) is 5.65 Å². The predicted octanol–water partition coefficient (Wildman–Crippen LogP) is 1.31. The van der Waals surface area contributed by atoms with Crippen molar-refractivity contribution in [2.45, 2.75) is 6.92 Å². The molecule has 4 nitrogen and oxygen atoms in total. The quantitative estimate of drug-likeness (QED) is 0.604. The summed E-state index contributed by atoms with van der Waals surface area (Å²) in [7, 11) is 0. The maximum Gasteiger partial charge on any atom is 0.202 e. The Labute approximate surface area is 67.6 Å². The van der Waals surface area contributed by atoms with Gasteiger partial charge in [0.05, 0.1) is 6.20 Å². The van der Waals surface area contributed by atoms with Crippen molar-refractivity contribution in [3.63, 3.8) is 0 Å². The summed E-state index contributed by atoms with van der Waals surface area (Å²) in [5.41, 5.74) is 1.38. The van der Waals surface area contributed by atoms with Gasteiger partial charge in [0.1, 0.15) is 11.3 Å². The van der Waals surface area contributed by atoms with E-state index in [1.54, 1.807) is 6.20 Å². The van der Waals surface area contributed by atoms with Gasteiger partial charge in [-0.1, -0.05) is 0 Å². The Morgan fingerprint density at radius 3 is 3.09 bits per heavy atom. The van der Waals surface area contributed by atoms with Crippen LogP contribution in [0.5, 0.6) is 0 Å². The lowest BCUT2D eigenvalue weighted by Gasteiger charge is -1.87. The van der Waals surface area contributed by atoms with Crippen LogP contribution in [-0.2, 0) is 0 Å². The smallest absolute Gasteiger partial charge is 0.202 e. The average molecular weight is 169 g/mol. The SMILES string of the molecule is Cc1ncc2[nH]c(Cl)nc2n1. The van der Waals surface area contributed by atoms with E-state index in [0.29, 0.717) is 16.8 Å². The summed E-state index contributed by atoms with van der Waals surface area (Å²) in [6.07, 6.45) is 1.66. The van der Waals surface area contributed by atoms with Gasteiger partial charge < -0.3 is 4.98 Å². The number of fused-ring (bicyclic) bond motifs is 1. The number of aromatic amines is 1. The molecular weight excluding hydrogens is 164 g/mol. The highest BCUT2D eigenvalue weighted by atomic mass is 35.5. The number of aryl methyl sites for hydroxylation is 1. The van der Waals surface area contributed by atoms with E-state index in [2.05, 4.69) is 19.9 Å². The number of halogens is 1. The summed E-state index contributed by atoms with van der Waals surface area (Å²) >= 11 is 5.60. The average Bonchev–Trinajstić information content (AvgIpc) is 2.27. The molecular formula is C6H5ClN4. The summed E-state index contributed by atoms with van der Waals surface area (Å²) in [6, 6.07) is 0. The number of nitrogens with one attached hydrogen (secondary N) is 1. The van der Waals surface area contributed by atoms with Gasteiger partial charge in [-0.3, -0.25) is 0 Å². The first-order chi connectivity index (χ1) is 5.25. The Morgan fingerprint density at radius 1 is 1.45 bits per heavy atom. The molecule has 0 radical (unpaired) electrons. The number of aromatic nitrogens is 4. The van der Waals surface area contributed by atoms with E-state index in [4.69, 9.17) is 11.6 Å². The van der Waals surface area contributed by atoms with E-state index in [1.807, 2.05) is 6.92 Å². The van der Waals surface area contributed by atoms with Crippen LogP contribution in [0.25, 0.3) is 11.2 Å². The molecule has 0 atom stereocenters. The van der Waals surface area contributed by atoms with Crippen LogP contribution >= 0.6 is 11.6 Å². The van der Waals surface area contributed by atoms with Crippen molar-refractivity contribution in [2.75, 3.05) is 0 Å². The molecule has 0 saturated heterocycles. The molecule has 0 saturated carbocycles. The number of hydrogen-bond donors (Lipinski definition) is 1. The van der Waals surface area contributed by atoms with Crippen LogP contribution in [0.4, 0.5) is 0 Å². The minimum atomic E-state index is 0.347. The Kier molecular flexibility index (Phi) is 1.29. The molecule has 2 heterocycles. The lowest BCUT2D eigenvalue weighted by molar-refractivity contribution is 1.08. The van der Waals surface area contributed by atoms with E-state index < -0.39 is 0 Å². The second kappa shape index (κ2) is 2.17. The van der Waals surface area contributed by atoms with E-state index in [-0.39, 0.29) is 0 Å². The van der Waals surface area contributed by atoms with E-state index in [0.717, 1.165) is 5.52 Å². The van der Waals surface area contributed by atoms with E-state index >= 15 is 0 Å². The first-order valence-electron chi connectivity index (χ1n) is 3.10. The van der Waals surface area contributed by atoms with Crippen LogP contribution in [0.15, 0.2) is 6.20 Å². The zero-order valence-electron chi connectivity index (χ0n) is 5.80. The van der Waals surface area contributed by atoms with Crippen molar-refractivity contribution in [3.8, 4) is 0 Å². The second-order valence-corrected chi connectivity index (χ2v) is 2.54. The molecule has 0 aliphatic heterocycles. The van der Waals surface area contributed by atoms with Crippen molar-refractivity contribution in [1.82, 2.24) is 19.9 Å². The number of imidazole rings is 1. The fourth-order valence-corrected chi connectivity index (χ4v) is 1.05. The van der Waals surface area contributed by atoms with Gasteiger partial charge in [-0.05, 0) is 18.5 Å². The molecule has 0 unspecified atom stereocenters. The fraction of sp³-hybridized carbons (Fsp3) is 0.167. The Morgan fingerprint density at radius 2 is 2.27 bits per heavy atom. The van der Waals surface area contributed by atoms with Crippen molar-refractivity contribution >= 4 is 22.8 Å². The molecule has 2 aromatic heterocycles. The highest BCUT2D eigenvalue weighted by Gasteiger charge is 2.00. The standard InChI is InChI=1S/C6H5ClN4/c1-3-8-2-4-5(9-3)11-6(7)10-4/h2H,1H3,(H,8,9,10,11). The number of nitrogens with zero attached hydrogens (tertiary/aromatic N) is 3. The van der Waals surface area contributed by atoms with Gasteiger partial charge in [-0.2, -0.15) is 4.98 Å². The molecule has 11 heavy (non-hydrogen) atoms. The largest absolute Gasteiger partial charge is 0.326 e. The molecule has 56 valence electrons. The topological polar surface area (TPSA) is 54.5 Å². The maximum atomic E-state index is 5.60. The van der Waals surface area contributed by atoms with Crippen molar-refractivity contribution in [2.24, 2.45) is 0 Å². The van der Waals surface area contributed by atoms with Gasteiger partial charge in [0, 0.05) is 0 Å². The molecule has 1 N–H and O–H groups in total. The molecule has 0 aliphatic rings. The zero-order valence-corrected chi connectivity index (χ0v) is 6.55. The van der Waals surface area contributed by atoms with Gasteiger partial charge >= 0.3 is 0 Å². The first-order valence-corrected chi connectivity index (χ1v) is 3.48. The number of hydrogen-bond acceptors (Lipinski definition) is 3. The third kappa shape index (κ3) is 1.05. The molecule has 0 amide bonds. The lowest BCUT2D eigenvalue weighted by atomic mass is 10.5. The predicted molar refractivity (Wildman–Crippen MR) is 41.4 cm³/mol. The minimum absolute atomic E-state index is 0.347. The molecule has 2 rings (SSSR count). The maximum absolute atomic E-state index is 5.60. The number of rotatable bonds is 0. The first kappa shape index (κ1) is 6.54. The summed E-state index contributed by atoms with van der Waals surface area (Å²) in [5.74, 6) is 0.695. The molecule has 0 aromatic carbocycles. The molecule has 0 spiro atoms. The highest BCUT2D eigenvalue weighted by molar-refractivity contribution is 6.28. The van der Waals surface area contributed by atoms with Gasteiger partial charge in [-0.25, -0.2) is 9.97 Å². The Balaban J connectivity index is 2.82. The van der Waals surface area contributed by atoms with Gasteiger partial charge in [0.2, 0.25) is 5.28 Å². The van der Waals surface area contributed by atoms with Crippen LogP contribution in [0.1, 0.15) is 5.82 Å². The van der Waals surface area contributed by atoms with Crippen LogP contribution in [0.3, 0.4) is 0 Å². The third-order valence-electron chi connectivity index (χ3n) is 1.33. The molecule has 0 bridgehead atoms. The highest BCUT2D eigenvalue weighted by Crippen LogP contribution is 2.10. The van der Waals surface area contributed by atoms with E-state index in [9.17, 15) is 0 Å². The molecule has 0 fully saturated rings. The van der Waals surface area contributed by atoms with Crippen LogP contribution in [0.2, 0.25) is 5.28 Å². The molecule has 5 heteroatoms. The third-order valence-corrected chi connectivity index (χ3v) is 1.51. The van der Waals surface area contributed by atoms with Crippen LogP contribution in [-0.4, -0.2) is 19.9 Å². The Hall–Kier alpha value is -1.16. The van der Waals surface area contributed by atoms with E-state index in [1.165, 1.54) is 0 Å². The normalized spacial score (nSPS) is 10.7. The second-order valence-electron chi connectivity index (χ2n) is 2.18. The van der Waals surface area contributed by atoms with Crippen LogP contribution in [0, 0.1) is 6.92 Å². The van der Waals surface area contributed by atoms with Crippen molar-refractivity contribution in [3.05, 3.63) is 17.3 Å². The Bertz CT molecular complexity index is 394. The van der Waals surface area contributed by atoms with Crippen LogP contribution < -0.4 is 0 Å². The summed E-state index contributed by atoms with van der Waals surface area (Å²) in [5, 5.41) is 0.347. The minimum Gasteiger partial charge on any atom is -0.326 e. The van der Waals surface area contributed by atoms with Crippen molar-refractivity contribution < 1.29 is 0 Å². The summed E-state index contributed by atoms with van der Waals surface area (Å²) in [4.78, 5) is 14.8. The monoisotopic (exact) mass is 168 g/mol.